The van der Waals surface area contributed by atoms with E-state index in [-0.39, 0.29) is 5.91 Å². The molecule has 0 aliphatic carbocycles. The Labute approximate surface area is 110 Å². The second kappa shape index (κ2) is 6.86. The van der Waals surface area contributed by atoms with E-state index in [1.807, 2.05) is 18.2 Å². The maximum atomic E-state index is 11.6. The van der Waals surface area contributed by atoms with Gasteiger partial charge in [0.15, 0.2) is 0 Å². The van der Waals surface area contributed by atoms with Gasteiger partial charge in [0.05, 0.1) is 24.3 Å². The molecule has 0 atom stereocenters. The van der Waals surface area contributed by atoms with E-state index < -0.39 is 0 Å². The van der Waals surface area contributed by atoms with Crippen LogP contribution in [0.4, 0.5) is 0 Å². The van der Waals surface area contributed by atoms with E-state index >= 15 is 0 Å². The first-order valence-electron chi connectivity index (χ1n) is 5.70. The van der Waals surface area contributed by atoms with Gasteiger partial charge in [0.25, 0.3) is 0 Å². The lowest BCUT2D eigenvalue weighted by Gasteiger charge is -2.03. The van der Waals surface area contributed by atoms with Crippen LogP contribution in [0.5, 0.6) is 0 Å². The van der Waals surface area contributed by atoms with Crippen molar-refractivity contribution in [1.82, 2.24) is 15.3 Å². The van der Waals surface area contributed by atoms with E-state index in [0.29, 0.717) is 12.3 Å². The first-order chi connectivity index (χ1) is 8.84. The Hall–Kier alpha value is -1.75. The van der Waals surface area contributed by atoms with Gasteiger partial charge in [0.2, 0.25) is 5.91 Å². The fourth-order valence-electron chi connectivity index (χ4n) is 1.46. The van der Waals surface area contributed by atoms with Crippen LogP contribution in [-0.4, -0.2) is 21.6 Å². The lowest BCUT2D eigenvalue weighted by Crippen LogP contribution is -2.24. The number of hydrogen-bond acceptors (Lipinski definition) is 3. The van der Waals surface area contributed by atoms with Gasteiger partial charge in [0.1, 0.15) is 0 Å². The predicted octanol–water partition coefficient (Wildman–Crippen LogP) is 1.96. The zero-order chi connectivity index (χ0) is 12.6. The molecule has 0 fully saturated rings. The van der Waals surface area contributed by atoms with Gasteiger partial charge in [-0.05, 0) is 5.56 Å². The van der Waals surface area contributed by atoms with Crippen LogP contribution < -0.4 is 5.32 Å². The number of nitrogens with one attached hydrogen (secondary N) is 2. The number of hydrogen-bond donors (Lipinski definition) is 2. The van der Waals surface area contributed by atoms with Crippen molar-refractivity contribution in [2.24, 2.45) is 0 Å². The molecule has 0 aliphatic heterocycles. The Morgan fingerprint density at radius 1 is 1.33 bits per heavy atom. The molecule has 1 aromatic heterocycles. The third-order valence-electron chi connectivity index (χ3n) is 2.38. The number of benzene rings is 1. The van der Waals surface area contributed by atoms with Crippen LogP contribution in [0.25, 0.3) is 0 Å². The summed E-state index contributed by atoms with van der Waals surface area (Å²) >= 11 is 1.61. The summed E-state index contributed by atoms with van der Waals surface area (Å²) in [5.74, 6) is 1.38. The highest BCUT2D eigenvalue weighted by Gasteiger charge is 2.02. The summed E-state index contributed by atoms with van der Waals surface area (Å²) in [6.07, 6.45) is 3.31. The van der Waals surface area contributed by atoms with E-state index in [4.69, 9.17) is 0 Å². The summed E-state index contributed by atoms with van der Waals surface area (Å²) in [6, 6.07) is 10.1. The van der Waals surface area contributed by atoms with E-state index in [2.05, 4.69) is 27.4 Å². The molecule has 18 heavy (non-hydrogen) atoms. The topological polar surface area (TPSA) is 57.8 Å². The highest BCUT2D eigenvalue weighted by molar-refractivity contribution is 7.99. The van der Waals surface area contributed by atoms with Crippen LogP contribution >= 0.6 is 11.8 Å². The van der Waals surface area contributed by atoms with Crippen molar-refractivity contribution < 1.29 is 4.79 Å². The molecule has 1 heterocycles. The van der Waals surface area contributed by atoms with Crippen LogP contribution in [0.2, 0.25) is 0 Å². The van der Waals surface area contributed by atoms with E-state index in [1.165, 1.54) is 5.56 Å². The molecule has 2 rings (SSSR count). The molecule has 94 valence electrons. The van der Waals surface area contributed by atoms with E-state index in [1.54, 1.807) is 24.3 Å². The average molecular weight is 261 g/mol. The lowest BCUT2D eigenvalue weighted by molar-refractivity contribution is -0.118. The van der Waals surface area contributed by atoms with Crippen LogP contribution in [-0.2, 0) is 17.1 Å². The van der Waals surface area contributed by atoms with Crippen molar-refractivity contribution in [3.8, 4) is 0 Å². The van der Waals surface area contributed by atoms with Gasteiger partial charge >= 0.3 is 0 Å². The van der Waals surface area contributed by atoms with Crippen LogP contribution in [0.15, 0.2) is 42.9 Å². The highest BCUT2D eigenvalue weighted by atomic mass is 32.2. The van der Waals surface area contributed by atoms with Crippen molar-refractivity contribution in [3.63, 3.8) is 0 Å². The molecule has 0 saturated heterocycles. The minimum Gasteiger partial charge on any atom is -0.350 e. The second-order valence-electron chi connectivity index (χ2n) is 3.83. The maximum absolute atomic E-state index is 11.6. The minimum atomic E-state index is 0.0468. The van der Waals surface area contributed by atoms with Crippen LogP contribution in [0.1, 0.15) is 11.3 Å². The molecule has 4 nitrogen and oxygen atoms in total. The van der Waals surface area contributed by atoms with Crippen molar-refractivity contribution in [2.75, 3.05) is 5.75 Å². The monoisotopic (exact) mass is 261 g/mol. The zero-order valence-electron chi connectivity index (χ0n) is 9.93. The zero-order valence-corrected chi connectivity index (χ0v) is 10.7. The molecule has 1 aromatic carbocycles. The summed E-state index contributed by atoms with van der Waals surface area (Å²) < 4.78 is 0. The Balaban J connectivity index is 1.63. The van der Waals surface area contributed by atoms with E-state index in [0.717, 1.165) is 11.4 Å². The van der Waals surface area contributed by atoms with Gasteiger partial charge in [-0.3, -0.25) is 4.79 Å². The number of carbonyl (C=O) groups is 1. The SMILES string of the molecule is O=C(CSCc1ccccc1)NCc1cnc[nH]1. The summed E-state index contributed by atoms with van der Waals surface area (Å²) in [5, 5.41) is 2.84. The summed E-state index contributed by atoms with van der Waals surface area (Å²) in [5.41, 5.74) is 2.15. The van der Waals surface area contributed by atoms with Gasteiger partial charge in [-0.25, -0.2) is 4.98 Å². The normalized spacial score (nSPS) is 10.2. The fourth-order valence-corrected chi connectivity index (χ4v) is 2.28. The Morgan fingerprint density at radius 2 is 2.17 bits per heavy atom. The number of rotatable bonds is 6. The number of aromatic amines is 1. The largest absolute Gasteiger partial charge is 0.350 e. The molecule has 2 aromatic rings. The molecule has 0 radical (unpaired) electrons. The first kappa shape index (κ1) is 12.7. The number of amides is 1. The standard InChI is InChI=1S/C13H15N3OS/c17-13(15-7-12-6-14-10-16-12)9-18-8-11-4-2-1-3-5-11/h1-6,10H,7-9H2,(H,14,16)(H,15,17). The second-order valence-corrected chi connectivity index (χ2v) is 4.82. The smallest absolute Gasteiger partial charge is 0.230 e. The number of H-pyrrole nitrogens is 1. The minimum absolute atomic E-state index is 0.0468. The summed E-state index contributed by atoms with van der Waals surface area (Å²) in [6.45, 7) is 0.505. The van der Waals surface area contributed by atoms with Gasteiger partial charge in [0, 0.05) is 11.9 Å². The quantitative estimate of drug-likeness (QED) is 0.835. The Morgan fingerprint density at radius 3 is 2.89 bits per heavy atom. The predicted molar refractivity (Wildman–Crippen MR) is 73.0 cm³/mol. The van der Waals surface area contributed by atoms with Gasteiger partial charge < -0.3 is 10.3 Å². The van der Waals surface area contributed by atoms with Gasteiger partial charge in [-0.15, -0.1) is 11.8 Å². The Bertz CT molecular complexity index is 470. The number of imidazole rings is 1. The van der Waals surface area contributed by atoms with Gasteiger partial charge in [-0.2, -0.15) is 0 Å². The summed E-state index contributed by atoms with van der Waals surface area (Å²) in [4.78, 5) is 18.4. The molecule has 1 amide bonds. The van der Waals surface area contributed by atoms with Crippen molar-refractivity contribution in [3.05, 3.63) is 54.1 Å². The number of aromatic nitrogens is 2. The molecule has 5 heteroatoms. The molecule has 0 saturated carbocycles. The maximum Gasteiger partial charge on any atom is 0.230 e. The fraction of sp³-hybridized carbons (Fsp3) is 0.231. The first-order valence-corrected chi connectivity index (χ1v) is 6.85. The molecular weight excluding hydrogens is 246 g/mol. The third-order valence-corrected chi connectivity index (χ3v) is 3.38. The number of nitrogens with zero attached hydrogens (tertiary/aromatic N) is 1. The average Bonchev–Trinajstić information content (AvgIpc) is 2.91. The van der Waals surface area contributed by atoms with Crippen molar-refractivity contribution in [1.29, 1.82) is 0 Å². The molecular formula is C13H15N3OS. The van der Waals surface area contributed by atoms with Crippen molar-refractivity contribution in [2.45, 2.75) is 12.3 Å². The Kier molecular flexibility index (Phi) is 4.84. The molecule has 2 N–H and O–H groups in total. The van der Waals surface area contributed by atoms with Crippen LogP contribution in [0.3, 0.4) is 0 Å². The van der Waals surface area contributed by atoms with Crippen LogP contribution in [0, 0.1) is 0 Å². The summed E-state index contributed by atoms with van der Waals surface area (Å²) in [7, 11) is 0. The third kappa shape index (κ3) is 4.25. The lowest BCUT2D eigenvalue weighted by atomic mass is 10.2. The van der Waals surface area contributed by atoms with E-state index in [9.17, 15) is 4.79 Å². The number of carbonyl (C=O) groups excluding carboxylic acids is 1. The van der Waals surface area contributed by atoms with Gasteiger partial charge in [-0.1, -0.05) is 30.3 Å². The molecule has 0 spiro atoms. The number of thioether (sulfide) groups is 1. The molecule has 0 unspecified atom stereocenters. The molecule has 0 bridgehead atoms. The highest BCUT2D eigenvalue weighted by Crippen LogP contribution is 2.10. The molecule has 0 aliphatic rings. The van der Waals surface area contributed by atoms with Crippen molar-refractivity contribution >= 4 is 17.7 Å².